The Morgan fingerprint density at radius 2 is 1.43 bits per heavy atom. The molecule has 4 heterocycles. The van der Waals surface area contributed by atoms with Crippen molar-refractivity contribution in [2.75, 3.05) is 54.4 Å². The number of carbonyl (C=O) groups excluding carboxylic acids is 4. The largest absolute Gasteiger partial charge is 0.489 e. The number of hydrogen-bond donors (Lipinski definition) is 2. The Morgan fingerprint density at radius 3 is 2.07 bits per heavy atom. The summed E-state index contributed by atoms with van der Waals surface area (Å²) >= 11 is 6.28. The molecular formula is C43H48ClN7O5. The number of ether oxygens (including phenoxy) is 1. The van der Waals surface area contributed by atoms with Crippen LogP contribution in [-0.4, -0.2) is 96.9 Å². The second kappa shape index (κ2) is 14.4. The summed E-state index contributed by atoms with van der Waals surface area (Å²) in [6.45, 7) is 14.5. The van der Waals surface area contributed by atoms with Gasteiger partial charge in [0, 0.05) is 91.7 Å². The Morgan fingerprint density at radius 1 is 0.786 bits per heavy atom. The van der Waals surface area contributed by atoms with E-state index in [1.165, 1.54) is 5.69 Å². The van der Waals surface area contributed by atoms with Crippen LogP contribution in [0.3, 0.4) is 0 Å². The van der Waals surface area contributed by atoms with Crippen LogP contribution in [0, 0.1) is 22.2 Å². The highest BCUT2D eigenvalue weighted by Gasteiger charge is 2.63. The minimum Gasteiger partial charge on any atom is -0.489 e. The summed E-state index contributed by atoms with van der Waals surface area (Å²) in [7, 11) is 0. The first-order chi connectivity index (χ1) is 26.8. The van der Waals surface area contributed by atoms with Gasteiger partial charge in [0.15, 0.2) is 0 Å². The van der Waals surface area contributed by atoms with Crippen molar-refractivity contribution in [3.05, 3.63) is 82.4 Å². The fourth-order valence-electron chi connectivity index (χ4n) is 10.0. The predicted octanol–water partition coefficient (Wildman–Crippen LogP) is 5.70. The molecule has 0 spiro atoms. The number of piperazine rings is 1. The fraction of sp³-hybridized carbons (Fsp3) is 0.465. The van der Waals surface area contributed by atoms with Crippen molar-refractivity contribution in [3.8, 4) is 11.8 Å². The molecule has 4 amide bonds. The lowest BCUT2D eigenvalue weighted by atomic mass is 9.49. The third kappa shape index (κ3) is 6.64. The number of nitrogens with one attached hydrogen (secondary N) is 2. The van der Waals surface area contributed by atoms with Crippen LogP contribution in [0.5, 0.6) is 5.75 Å². The van der Waals surface area contributed by atoms with Gasteiger partial charge in [0.2, 0.25) is 11.8 Å². The number of nitriles is 1. The number of benzene rings is 3. The summed E-state index contributed by atoms with van der Waals surface area (Å²) < 4.78 is 6.47. The first-order valence-electron chi connectivity index (χ1n) is 19.6. The van der Waals surface area contributed by atoms with Gasteiger partial charge in [-0.3, -0.25) is 34.3 Å². The molecule has 1 atom stereocenters. The van der Waals surface area contributed by atoms with E-state index in [-0.39, 0.29) is 41.7 Å². The van der Waals surface area contributed by atoms with E-state index in [4.69, 9.17) is 16.3 Å². The highest BCUT2D eigenvalue weighted by molar-refractivity contribution is 6.31. The highest BCUT2D eigenvalue weighted by atomic mass is 35.5. The van der Waals surface area contributed by atoms with Crippen molar-refractivity contribution in [1.82, 2.24) is 15.1 Å². The van der Waals surface area contributed by atoms with Crippen molar-refractivity contribution in [3.63, 3.8) is 0 Å². The zero-order valence-corrected chi connectivity index (χ0v) is 33.1. The number of hydrogen-bond acceptors (Lipinski definition) is 10. The van der Waals surface area contributed by atoms with Gasteiger partial charge in [-0.15, -0.1) is 0 Å². The third-order valence-electron chi connectivity index (χ3n) is 12.8. The Balaban J connectivity index is 0.816. The van der Waals surface area contributed by atoms with E-state index in [0.717, 1.165) is 68.4 Å². The van der Waals surface area contributed by atoms with E-state index in [1.54, 1.807) is 24.3 Å². The van der Waals surface area contributed by atoms with Crippen molar-refractivity contribution >= 4 is 52.3 Å². The molecule has 3 aromatic rings. The SMILES string of the molecule is CC1(C)[C@H](Nc2ccc(N3CCN(C4CCN(c5ccc6c(c5)C(=O)N(C5CCC(=O)NC5=O)C6=O)CC4)CC3)cc2)C(C)(C)[C@H]1Oc1ccc(C#N)c(Cl)c1. The lowest BCUT2D eigenvalue weighted by Crippen LogP contribution is -2.72. The Hall–Kier alpha value is -5.12. The fourth-order valence-corrected chi connectivity index (χ4v) is 10.2. The number of piperidine rings is 2. The van der Waals surface area contributed by atoms with Crippen LogP contribution in [0.25, 0.3) is 0 Å². The standard InChI is InChI=1S/C43H48ClN7O5/c1-42(2)40(43(3,4)41(42)56-31-11-5-26(25-45)34(44)24-31)46-27-6-8-28(9-7-27)49-19-21-50(22-20-49)29-15-17-48(18-16-29)30-10-12-32-33(23-30)39(55)51(38(32)54)35-13-14-36(52)47-37(35)53/h5-12,23-24,29,35,40-41,46H,13-22H2,1-4H3,(H,47,52,53)/t35?,40-,41-. The van der Waals surface area contributed by atoms with E-state index in [9.17, 15) is 24.4 Å². The van der Waals surface area contributed by atoms with Gasteiger partial charge >= 0.3 is 0 Å². The number of amides is 4. The van der Waals surface area contributed by atoms with E-state index in [0.29, 0.717) is 33.5 Å². The lowest BCUT2D eigenvalue weighted by molar-refractivity contribution is -0.147. The van der Waals surface area contributed by atoms with Crippen molar-refractivity contribution in [2.45, 2.75) is 77.6 Å². The predicted molar refractivity (Wildman–Crippen MR) is 214 cm³/mol. The van der Waals surface area contributed by atoms with E-state index < -0.39 is 23.8 Å². The molecule has 2 N–H and O–H groups in total. The molecule has 0 bridgehead atoms. The van der Waals surface area contributed by atoms with Crippen LogP contribution in [0.2, 0.25) is 5.02 Å². The molecule has 4 aliphatic heterocycles. The van der Waals surface area contributed by atoms with Crippen molar-refractivity contribution < 1.29 is 23.9 Å². The van der Waals surface area contributed by atoms with Crippen LogP contribution in [0.1, 0.15) is 79.7 Å². The molecule has 13 heteroatoms. The number of fused-ring (bicyclic) bond motifs is 1. The number of nitrogens with zero attached hydrogens (tertiary/aromatic N) is 5. The molecule has 4 fully saturated rings. The maximum atomic E-state index is 13.4. The number of rotatable bonds is 8. The molecule has 1 unspecified atom stereocenters. The zero-order valence-electron chi connectivity index (χ0n) is 32.3. The summed E-state index contributed by atoms with van der Waals surface area (Å²) in [6.07, 6.45) is 2.21. The summed E-state index contributed by atoms with van der Waals surface area (Å²) in [4.78, 5) is 58.9. The molecule has 0 radical (unpaired) electrons. The van der Waals surface area contributed by atoms with Gasteiger partial charge in [0.25, 0.3) is 11.8 Å². The Bertz CT molecular complexity index is 2100. The maximum Gasteiger partial charge on any atom is 0.262 e. The molecular weight excluding hydrogens is 730 g/mol. The summed E-state index contributed by atoms with van der Waals surface area (Å²) in [5, 5.41) is 15.7. The van der Waals surface area contributed by atoms with Gasteiger partial charge in [-0.25, -0.2) is 0 Å². The average Bonchev–Trinajstić information content (AvgIpc) is 3.44. The first kappa shape index (κ1) is 37.8. The minimum atomic E-state index is -0.965. The van der Waals surface area contributed by atoms with Gasteiger partial charge in [-0.05, 0) is 73.9 Å². The van der Waals surface area contributed by atoms with Crippen molar-refractivity contribution in [2.24, 2.45) is 10.8 Å². The second-order valence-electron chi connectivity index (χ2n) is 16.9. The second-order valence-corrected chi connectivity index (χ2v) is 17.3. The summed E-state index contributed by atoms with van der Waals surface area (Å²) in [6, 6.07) is 21.2. The molecule has 8 rings (SSSR count). The minimum absolute atomic E-state index is 0.0455. The first-order valence-corrected chi connectivity index (χ1v) is 20.0. The molecule has 3 saturated heterocycles. The smallest absolute Gasteiger partial charge is 0.262 e. The molecule has 5 aliphatic rings. The number of imide groups is 2. The average molecular weight is 778 g/mol. The van der Waals surface area contributed by atoms with Crippen LogP contribution in [0.4, 0.5) is 17.1 Å². The van der Waals surface area contributed by atoms with E-state index in [2.05, 4.69) is 83.4 Å². The molecule has 56 heavy (non-hydrogen) atoms. The normalized spacial score (nSPS) is 25.0. The number of carbonyl (C=O) groups is 4. The van der Waals surface area contributed by atoms with Gasteiger partial charge in [0.05, 0.1) is 21.7 Å². The summed E-state index contributed by atoms with van der Waals surface area (Å²) in [5.41, 5.74) is 3.96. The highest BCUT2D eigenvalue weighted by Crippen LogP contribution is 2.56. The Kier molecular flexibility index (Phi) is 9.74. The van der Waals surface area contributed by atoms with Crippen LogP contribution in [0.15, 0.2) is 60.7 Å². The van der Waals surface area contributed by atoms with Gasteiger partial charge in [-0.2, -0.15) is 5.26 Å². The molecule has 3 aromatic carbocycles. The molecule has 292 valence electrons. The topological polar surface area (TPSA) is 138 Å². The van der Waals surface area contributed by atoms with E-state index >= 15 is 0 Å². The number of halogens is 1. The molecule has 1 aliphatic carbocycles. The monoisotopic (exact) mass is 777 g/mol. The molecule has 1 saturated carbocycles. The number of anilines is 3. The van der Waals surface area contributed by atoms with Crippen molar-refractivity contribution in [1.29, 1.82) is 5.26 Å². The maximum absolute atomic E-state index is 13.4. The molecule has 0 aromatic heterocycles. The van der Waals surface area contributed by atoms with Crippen LogP contribution in [-0.2, 0) is 9.59 Å². The van der Waals surface area contributed by atoms with Gasteiger partial charge in [-0.1, -0.05) is 39.3 Å². The Labute approximate surface area is 332 Å². The van der Waals surface area contributed by atoms with E-state index in [1.807, 2.05) is 12.1 Å². The van der Waals surface area contributed by atoms with Gasteiger partial charge < -0.3 is 19.9 Å². The van der Waals surface area contributed by atoms with Gasteiger partial charge in [0.1, 0.15) is 24.0 Å². The molecule has 12 nitrogen and oxygen atoms in total. The van der Waals surface area contributed by atoms with Crippen LogP contribution >= 0.6 is 11.6 Å². The quantitative estimate of drug-likeness (QED) is 0.274. The zero-order chi connectivity index (χ0) is 39.5. The van der Waals surface area contributed by atoms with Crippen LogP contribution < -0.4 is 25.2 Å². The third-order valence-corrected chi connectivity index (χ3v) is 13.1. The summed E-state index contributed by atoms with van der Waals surface area (Å²) in [5.74, 6) is -1.27. The lowest BCUT2D eigenvalue weighted by Gasteiger charge is -2.63.